The summed E-state index contributed by atoms with van der Waals surface area (Å²) in [7, 11) is 0. The van der Waals surface area contributed by atoms with Gasteiger partial charge in [-0.15, -0.1) is 0 Å². The van der Waals surface area contributed by atoms with E-state index in [4.69, 9.17) is 23.7 Å². The summed E-state index contributed by atoms with van der Waals surface area (Å²) in [6.45, 7) is 4.47. The van der Waals surface area contributed by atoms with Crippen molar-refractivity contribution in [2.75, 3.05) is 13.2 Å². The molecule has 3 rings (SSSR count). The Labute approximate surface area is 482 Å². The van der Waals surface area contributed by atoms with Gasteiger partial charge in [0.15, 0.2) is 18.5 Å². The van der Waals surface area contributed by atoms with Crippen LogP contribution in [-0.4, -0.2) is 113 Å². The second-order valence-corrected chi connectivity index (χ2v) is 22.7. The van der Waals surface area contributed by atoms with Gasteiger partial charge in [0.05, 0.1) is 30.4 Å². The van der Waals surface area contributed by atoms with Gasteiger partial charge in [-0.3, -0.25) is 9.59 Å². The number of carbonyl (C=O) groups is 4. The predicted molar refractivity (Wildman–Crippen MR) is 316 cm³/mol. The SMILES string of the molecule is CCCCCCCCCCCCCCCCCCCCCCCC[C@@H](OC(C)=O)C(=O)N[C@@H](CO[C@H]1O[C@H](CO)[C@H](O)[C@H](O)[C@H]1O)[C@H](OC(=O)c1ccccc1)[C@@H](CCCCCCCCCCCCCC)OC(=O)c1ccccc1. The van der Waals surface area contributed by atoms with Gasteiger partial charge < -0.3 is 49.4 Å². The molecule has 5 N–H and O–H groups in total. The van der Waals surface area contributed by atoms with Crippen LogP contribution in [0.4, 0.5) is 0 Å². The second kappa shape index (κ2) is 45.6. The zero-order valence-corrected chi connectivity index (χ0v) is 49.8. The van der Waals surface area contributed by atoms with E-state index in [1.807, 2.05) is 0 Å². The maximum absolute atomic E-state index is 14.6. The summed E-state index contributed by atoms with van der Waals surface area (Å²) in [5.74, 6) is -2.82. The molecule has 2 aromatic rings. The molecule has 2 aromatic carbocycles. The first kappa shape index (κ1) is 70.3. The molecule has 1 aliphatic heterocycles. The summed E-state index contributed by atoms with van der Waals surface area (Å²) in [6, 6.07) is 15.3. The maximum Gasteiger partial charge on any atom is 0.338 e. The first-order valence-corrected chi connectivity index (χ1v) is 31.9. The van der Waals surface area contributed by atoms with Gasteiger partial charge >= 0.3 is 17.9 Å². The third-order valence-corrected chi connectivity index (χ3v) is 15.7. The summed E-state index contributed by atoms with van der Waals surface area (Å²) in [4.78, 5) is 55.3. The summed E-state index contributed by atoms with van der Waals surface area (Å²) in [6.07, 6.45) is 29.1. The average molecular weight is 1120 g/mol. The lowest BCUT2D eigenvalue weighted by Gasteiger charge is -2.40. The Balaban J connectivity index is 1.71. The van der Waals surface area contributed by atoms with Crippen LogP contribution in [0.1, 0.15) is 273 Å². The van der Waals surface area contributed by atoms with E-state index >= 15 is 0 Å². The number of benzene rings is 2. The van der Waals surface area contributed by atoms with Gasteiger partial charge in [0.1, 0.15) is 30.5 Å². The number of rotatable bonds is 49. The Morgan fingerprint density at radius 1 is 0.487 bits per heavy atom. The van der Waals surface area contributed by atoms with Crippen LogP contribution in [0.25, 0.3) is 0 Å². The molecule has 80 heavy (non-hydrogen) atoms. The van der Waals surface area contributed by atoms with Crippen LogP contribution in [0.15, 0.2) is 60.7 Å². The van der Waals surface area contributed by atoms with E-state index in [9.17, 15) is 39.6 Å². The van der Waals surface area contributed by atoms with E-state index in [1.54, 1.807) is 60.7 Å². The highest BCUT2D eigenvalue weighted by Gasteiger charge is 2.46. The molecule has 14 nitrogen and oxygen atoms in total. The Kier molecular flexibility index (Phi) is 40.1. The monoisotopic (exact) mass is 1120 g/mol. The van der Waals surface area contributed by atoms with Gasteiger partial charge in [0.25, 0.3) is 5.91 Å². The highest BCUT2D eigenvalue weighted by atomic mass is 16.7. The minimum Gasteiger partial charge on any atom is -0.455 e. The molecule has 0 saturated carbocycles. The van der Waals surface area contributed by atoms with Crippen LogP contribution in [0.2, 0.25) is 0 Å². The number of aliphatic hydroxyl groups is 4. The maximum atomic E-state index is 14.6. The van der Waals surface area contributed by atoms with E-state index in [-0.39, 0.29) is 24.0 Å². The second-order valence-electron chi connectivity index (χ2n) is 22.7. The molecular formula is C66H109NO13. The molecule has 14 heteroatoms. The number of ether oxygens (including phenoxy) is 5. The molecule has 0 aromatic heterocycles. The Morgan fingerprint density at radius 3 is 1.25 bits per heavy atom. The van der Waals surface area contributed by atoms with Gasteiger partial charge in [0, 0.05) is 6.92 Å². The van der Waals surface area contributed by atoms with Crippen molar-refractivity contribution in [3.63, 3.8) is 0 Å². The molecular weight excluding hydrogens is 1010 g/mol. The van der Waals surface area contributed by atoms with Crippen molar-refractivity contribution in [3.05, 3.63) is 71.8 Å². The number of hydrogen-bond donors (Lipinski definition) is 5. The fourth-order valence-electron chi connectivity index (χ4n) is 10.7. The number of amides is 1. The Bertz CT molecular complexity index is 1850. The van der Waals surface area contributed by atoms with Crippen LogP contribution in [-0.2, 0) is 33.3 Å². The van der Waals surface area contributed by atoms with Gasteiger partial charge in [-0.2, -0.15) is 0 Å². The van der Waals surface area contributed by atoms with E-state index in [1.165, 1.54) is 161 Å². The topological polar surface area (TPSA) is 207 Å². The Hall–Kier alpha value is -3.92. The van der Waals surface area contributed by atoms with Gasteiger partial charge in [-0.1, -0.05) is 256 Å². The van der Waals surface area contributed by atoms with Gasteiger partial charge in [-0.25, -0.2) is 9.59 Å². The van der Waals surface area contributed by atoms with Crippen molar-refractivity contribution in [2.45, 2.75) is 307 Å². The molecule has 1 saturated heterocycles. The number of carbonyl (C=O) groups excluding carboxylic acids is 4. The normalized spacial score (nSPS) is 18.7. The molecule has 1 heterocycles. The van der Waals surface area contributed by atoms with Crippen molar-refractivity contribution in [3.8, 4) is 0 Å². The number of aliphatic hydroxyl groups excluding tert-OH is 4. The molecule has 0 radical (unpaired) electrons. The van der Waals surface area contributed by atoms with Crippen LogP contribution in [0, 0.1) is 0 Å². The lowest BCUT2D eigenvalue weighted by molar-refractivity contribution is -0.303. The summed E-state index contributed by atoms with van der Waals surface area (Å²) in [5, 5.41) is 45.1. The number of hydrogen-bond acceptors (Lipinski definition) is 13. The highest BCUT2D eigenvalue weighted by molar-refractivity contribution is 5.90. The predicted octanol–water partition coefficient (Wildman–Crippen LogP) is 13.8. The third kappa shape index (κ3) is 30.9. The van der Waals surface area contributed by atoms with Gasteiger partial charge in [0.2, 0.25) is 0 Å². The fraction of sp³-hybridized carbons (Fsp3) is 0.758. The molecule has 0 unspecified atom stereocenters. The average Bonchev–Trinajstić information content (AvgIpc) is 3.46. The molecule has 0 bridgehead atoms. The quantitative estimate of drug-likeness (QED) is 0.0238. The standard InChI is InChI=1S/C66H109NO13/c1-4-6-8-10-12-14-16-18-19-20-21-22-23-24-25-26-27-29-31-33-35-43-49-57(77-52(3)69)63(73)67-55(51-76-66-61(72)60(71)59(70)58(50-68)79-66)62(80-65(75)54-46-40-37-41-47-54)56(78-64(74)53-44-38-36-39-45-53)48-42-34-32-30-28-17-15-13-11-9-7-5-2/h36-41,44-47,55-62,66,68,70-72H,4-35,42-43,48-51H2,1-3H3,(H,67,73)/t55-,56+,57+,58+,59-,60-,61+,62-,66-/m0/s1. The van der Waals surface area contributed by atoms with E-state index in [2.05, 4.69) is 19.2 Å². The molecule has 9 atom stereocenters. The van der Waals surface area contributed by atoms with E-state index in [0.717, 1.165) is 51.4 Å². The molecule has 0 aliphatic carbocycles. The largest absolute Gasteiger partial charge is 0.455 e. The lowest BCUT2D eigenvalue weighted by atomic mass is 9.97. The summed E-state index contributed by atoms with van der Waals surface area (Å²) >= 11 is 0. The first-order chi connectivity index (χ1) is 39.0. The number of esters is 3. The minimum absolute atomic E-state index is 0.193. The number of nitrogens with one attached hydrogen (secondary N) is 1. The number of unbranched alkanes of at least 4 members (excludes halogenated alkanes) is 32. The van der Waals surface area contributed by atoms with Crippen LogP contribution < -0.4 is 5.32 Å². The molecule has 1 aliphatic rings. The smallest absolute Gasteiger partial charge is 0.338 e. The van der Waals surface area contributed by atoms with Crippen LogP contribution in [0.3, 0.4) is 0 Å². The van der Waals surface area contributed by atoms with E-state index in [0.29, 0.717) is 12.8 Å². The van der Waals surface area contributed by atoms with Crippen molar-refractivity contribution in [2.24, 2.45) is 0 Å². The van der Waals surface area contributed by atoms with Crippen molar-refractivity contribution < 1.29 is 63.3 Å². The van der Waals surface area contributed by atoms with Crippen molar-refractivity contribution >= 4 is 23.8 Å². The Morgan fingerprint density at radius 2 is 0.863 bits per heavy atom. The first-order valence-electron chi connectivity index (χ1n) is 31.9. The van der Waals surface area contributed by atoms with Crippen molar-refractivity contribution in [1.82, 2.24) is 5.32 Å². The molecule has 1 fully saturated rings. The zero-order chi connectivity index (χ0) is 57.8. The fourth-order valence-corrected chi connectivity index (χ4v) is 10.7. The van der Waals surface area contributed by atoms with Crippen molar-refractivity contribution in [1.29, 1.82) is 0 Å². The summed E-state index contributed by atoms with van der Waals surface area (Å²) in [5.41, 5.74) is 0.451. The minimum atomic E-state index is -1.79. The molecule has 456 valence electrons. The molecule has 0 spiro atoms. The highest BCUT2D eigenvalue weighted by Crippen LogP contribution is 2.26. The summed E-state index contributed by atoms with van der Waals surface area (Å²) < 4.78 is 30.0. The third-order valence-electron chi connectivity index (χ3n) is 15.7. The van der Waals surface area contributed by atoms with E-state index < -0.39 is 92.1 Å². The van der Waals surface area contributed by atoms with Crippen LogP contribution >= 0.6 is 0 Å². The lowest BCUT2D eigenvalue weighted by Crippen LogP contribution is -2.61. The molecule has 1 amide bonds. The van der Waals surface area contributed by atoms with Crippen LogP contribution in [0.5, 0.6) is 0 Å². The zero-order valence-electron chi connectivity index (χ0n) is 49.8. The van der Waals surface area contributed by atoms with Gasteiger partial charge in [-0.05, 0) is 49.9 Å².